The fourth-order valence-electron chi connectivity index (χ4n) is 2.62. The molecule has 0 aliphatic heterocycles. The standard InChI is InChI=1S/C23H30N4O3/c1-16(2)23(30)26-19-11-9-18(10-12-19)25-21(28)15-24-20-7-5-6-17(14-20)8-13-22(29)27(3)4/h5-7,9-12,14,16,24H,8,13,15H2,1-4H3,(H,25,28)(H,26,30). The first-order chi connectivity index (χ1) is 14.2. The topological polar surface area (TPSA) is 90.5 Å². The van der Waals surface area contributed by atoms with Gasteiger partial charge in [0.1, 0.15) is 0 Å². The highest BCUT2D eigenvalue weighted by Crippen LogP contribution is 2.15. The molecule has 7 heteroatoms. The van der Waals surface area contributed by atoms with Crippen molar-refractivity contribution in [1.29, 1.82) is 0 Å². The maximum absolute atomic E-state index is 12.2. The van der Waals surface area contributed by atoms with E-state index in [0.717, 1.165) is 11.3 Å². The molecule has 2 aromatic carbocycles. The van der Waals surface area contributed by atoms with Crippen molar-refractivity contribution in [3.8, 4) is 0 Å². The van der Waals surface area contributed by atoms with Crippen LogP contribution in [0.2, 0.25) is 0 Å². The highest BCUT2D eigenvalue weighted by Gasteiger charge is 2.08. The predicted octanol–water partition coefficient (Wildman–Crippen LogP) is 3.35. The number of carbonyl (C=O) groups excluding carboxylic acids is 3. The Balaban J connectivity index is 1.82. The Hall–Kier alpha value is -3.35. The van der Waals surface area contributed by atoms with Gasteiger partial charge in [0, 0.05) is 43.5 Å². The lowest BCUT2D eigenvalue weighted by Gasteiger charge is -2.12. The molecule has 3 amide bonds. The highest BCUT2D eigenvalue weighted by atomic mass is 16.2. The first kappa shape index (κ1) is 22.9. The molecule has 0 saturated heterocycles. The quantitative estimate of drug-likeness (QED) is 0.591. The molecule has 0 atom stereocenters. The molecule has 0 spiro atoms. The van der Waals surface area contributed by atoms with Crippen molar-refractivity contribution in [2.75, 3.05) is 36.6 Å². The average molecular weight is 411 g/mol. The number of hydrogen-bond donors (Lipinski definition) is 3. The van der Waals surface area contributed by atoms with E-state index in [4.69, 9.17) is 0 Å². The summed E-state index contributed by atoms with van der Waals surface area (Å²) in [7, 11) is 3.49. The molecule has 0 aliphatic rings. The lowest BCUT2D eigenvalue weighted by Crippen LogP contribution is -2.22. The Labute approximate surface area is 177 Å². The van der Waals surface area contributed by atoms with E-state index in [9.17, 15) is 14.4 Å². The van der Waals surface area contributed by atoms with Crippen LogP contribution in [0.1, 0.15) is 25.8 Å². The van der Waals surface area contributed by atoms with Crippen LogP contribution < -0.4 is 16.0 Å². The fourth-order valence-corrected chi connectivity index (χ4v) is 2.62. The lowest BCUT2D eigenvalue weighted by molar-refractivity contribution is -0.128. The summed E-state index contributed by atoms with van der Waals surface area (Å²) in [5.74, 6) is -0.239. The normalized spacial score (nSPS) is 10.4. The second-order valence-corrected chi connectivity index (χ2v) is 7.61. The zero-order chi connectivity index (χ0) is 22.1. The first-order valence-electron chi connectivity index (χ1n) is 9.98. The van der Waals surface area contributed by atoms with Crippen molar-refractivity contribution in [2.24, 2.45) is 5.92 Å². The number of rotatable bonds is 9. The van der Waals surface area contributed by atoms with Gasteiger partial charge < -0.3 is 20.9 Å². The number of hydrogen-bond acceptors (Lipinski definition) is 4. The van der Waals surface area contributed by atoms with Crippen LogP contribution in [0, 0.1) is 5.92 Å². The van der Waals surface area contributed by atoms with E-state index in [0.29, 0.717) is 24.2 Å². The summed E-state index contributed by atoms with van der Waals surface area (Å²) >= 11 is 0. The third kappa shape index (κ3) is 7.58. The van der Waals surface area contributed by atoms with Gasteiger partial charge in [0.05, 0.1) is 6.54 Å². The maximum atomic E-state index is 12.2. The van der Waals surface area contributed by atoms with Crippen LogP contribution in [0.5, 0.6) is 0 Å². The second-order valence-electron chi connectivity index (χ2n) is 7.61. The molecule has 30 heavy (non-hydrogen) atoms. The highest BCUT2D eigenvalue weighted by molar-refractivity contribution is 5.95. The van der Waals surface area contributed by atoms with Crippen LogP contribution in [0.4, 0.5) is 17.1 Å². The smallest absolute Gasteiger partial charge is 0.243 e. The summed E-state index contributed by atoms with van der Waals surface area (Å²) in [6, 6.07) is 14.7. The van der Waals surface area contributed by atoms with Gasteiger partial charge in [0.25, 0.3) is 0 Å². The summed E-state index contributed by atoms with van der Waals surface area (Å²) in [6.07, 6.45) is 1.10. The van der Waals surface area contributed by atoms with Gasteiger partial charge in [-0.1, -0.05) is 26.0 Å². The number of aryl methyl sites for hydroxylation is 1. The Morgan fingerprint density at radius 2 is 1.53 bits per heavy atom. The van der Waals surface area contributed by atoms with Crippen molar-refractivity contribution in [3.05, 3.63) is 54.1 Å². The molecule has 0 unspecified atom stereocenters. The van der Waals surface area contributed by atoms with E-state index in [1.807, 2.05) is 38.1 Å². The van der Waals surface area contributed by atoms with E-state index in [-0.39, 0.29) is 30.2 Å². The summed E-state index contributed by atoms with van der Waals surface area (Å²) < 4.78 is 0. The van der Waals surface area contributed by atoms with Gasteiger partial charge in [-0.25, -0.2) is 0 Å². The number of amides is 3. The van der Waals surface area contributed by atoms with Gasteiger partial charge in [-0.05, 0) is 48.4 Å². The number of benzene rings is 2. The molecule has 2 aromatic rings. The van der Waals surface area contributed by atoms with Crippen molar-refractivity contribution >= 4 is 34.8 Å². The van der Waals surface area contributed by atoms with E-state index in [2.05, 4.69) is 16.0 Å². The third-order valence-electron chi connectivity index (χ3n) is 4.47. The number of anilines is 3. The average Bonchev–Trinajstić information content (AvgIpc) is 2.72. The zero-order valence-corrected chi connectivity index (χ0v) is 18.0. The van der Waals surface area contributed by atoms with Gasteiger partial charge >= 0.3 is 0 Å². The molecule has 0 heterocycles. The van der Waals surface area contributed by atoms with Gasteiger partial charge in [-0.15, -0.1) is 0 Å². The number of nitrogens with zero attached hydrogens (tertiary/aromatic N) is 1. The zero-order valence-electron chi connectivity index (χ0n) is 18.0. The molecule has 2 rings (SSSR count). The molecular weight excluding hydrogens is 380 g/mol. The monoisotopic (exact) mass is 410 g/mol. The first-order valence-corrected chi connectivity index (χ1v) is 9.98. The van der Waals surface area contributed by atoms with Crippen LogP contribution in [0.15, 0.2) is 48.5 Å². The Bertz CT molecular complexity index is 876. The third-order valence-corrected chi connectivity index (χ3v) is 4.47. The summed E-state index contributed by atoms with van der Waals surface area (Å²) in [5, 5.41) is 8.73. The number of nitrogens with one attached hydrogen (secondary N) is 3. The predicted molar refractivity (Wildman–Crippen MR) is 120 cm³/mol. The minimum Gasteiger partial charge on any atom is -0.376 e. The van der Waals surface area contributed by atoms with E-state index in [1.54, 1.807) is 43.3 Å². The minimum absolute atomic E-state index is 0.0516. The van der Waals surface area contributed by atoms with Gasteiger partial charge in [-0.3, -0.25) is 14.4 Å². The molecule has 0 saturated carbocycles. The largest absolute Gasteiger partial charge is 0.376 e. The summed E-state index contributed by atoms with van der Waals surface area (Å²) in [6.45, 7) is 3.78. The van der Waals surface area contributed by atoms with Gasteiger partial charge in [-0.2, -0.15) is 0 Å². The van der Waals surface area contributed by atoms with Gasteiger partial charge in [0.15, 0.2) is 0 Å². The summed E-state index contributed by atoms with van der Waals surface area (Å²) in [4.78, 5) is 37.2. The Kier molecular flexibility index (Phi) is 8.41. The fraction of sp³-hybridized carbons (Fsp3) is 0.348. The Morgan fingerprint density at radius 3 is 2.13 bits per heavy atom. The van der Waals surface area contributed by atoms with Crippen LogP contribution >= 0.6 is 0 Å². The lowest BCUT2D eigenvalue weighted by atomic mass is 10.1. The van der Waals surface area contributed by atoms with Crippen molar-refractivity contribution < 1.29 is 14.4 Å². The molecule has 160 valence electrons. The maximum Gasteiger partial charge on any atom is 0.243 e. The van der Waals surface area contributed by atoms with Crippen LogP contribution in [0.3, 0.4) is 0 Å². The SMILES string of the molecule is CC(C)C(=O)Nc1ccc(NC(=O)CNc2cccc(CCC(=O)N(C)C)c2)cc1. The van der Waals surface area contributed by atoms with E-state index >= 15 is 0 Å². The Morgan fingerprint density at radius 1 is 0.900 bits per heavy atom. The molecule has 0 aliphatic carbocycles. The molecule has 0 aromatic heterocycles. The summed E-state index contributed by atoms with van der Waals surface area (Å²) in [5.41, 5.74) is 3.20. The number of carbonyl (C=O) groups is 3. The second kappa shape index (κ2) is 11.0. The van der Waals surface area contributed by atoms with Crippen LogP contribution in [-0.4, -0.2) is 43.3 Å². The van der Waals surface area contributed by atoms with Crippen molar-refractivity contribution in [3.63, 3.8) is 0 Å². The molecule has 7 nitrogen and oxygen atoms in total. The van der Waals surface area contributed by atoms with Crippen LogP contribution in [-0.2, 0) is 20.8 Å². The molecule has 3 N–H and O–H groups in total. The van der Waals surface area contributed by atoms with Crippen LogP contribution in [0.25, 0.3) is 0 Å². The molecule has 0 fully saturated rings. The van der Waals surface area contributed by atoms with E-state index in [1.165, 1.54) is 0 Å². The van der Waals surface area contributed by atoms with E-state index < -0.39 is 0 Å². The molecule has 0 radical (unpaired) electrons. The van der Waals surface area contributed by atoms with Gasteiger partial charge in [0.2, 0.25) is 17.7 Å². The van der Waals surface area contributed by atoms with Crippen molar-refractivity contribution in [2.45, 2.75) is 26.7 Å². The molecular formula is C23H30N4O3. The van der Waals surface area contributed by atoms with Crippen molar-refractivity contribution in [1.82, 2.24) is 4.90 Å². The molecule has 0 bridgehead atoms. The minimum atomic E-state index is -0.179.